The summed E-state index contributed by atoms with van der Waals surface area (Å²) in [4.78, 5) is 23.0. The molecule has 0 bridgehead atoms. The van der Waals surface area contributed by atoms with Crippen molar-refractivity contribution >= 4 is 11.9 Å². The molecule has 0 spiro atoms. The third-order valence-electron chi connectivity index (χ3n) is 3.10. The molecule has 0 aliphatic heterocycles. The molecule has 0 aromatic heterocycles. The lowest BCUT2D eigenvalue weighted by atomic mass is 10.0. The van der Waals surface area contributed by atoms with Crippen molar-refractivity contribution in [2.24, 2.45) is 0 Å². The fourth-order valence-electron chi connectivity index (χ4n) is 1.90. The summed E-state index contributed by atoms with van der Waals surface area (Å²) in [7, 11) is 0. The van der Waals surface area contributed by atoms with Crippen LogP contribution in [-0.2, 0) is 16.0 Å². The highest BCUT2D eigenvalue weighted by molar-refractivity contribution is 5.85. The normalized spacial score (nSPS) is 12.3. The van der Waals surface area contributed by atoms with E-state index in [9.17, 15) is 9.59 Å². The molecule has 0 aliphatic rings. The number of carboxylic acids is 1. The molecular weight excluding hydrogens is 254 g/mol. The molecule has 108 valence electrons. The highest BCUT2D eigenvalue weighted by Gasteiger charge is 2.18. The van der Waals surface area contributed by atoms with Crippen LogP contribution in [0.5, 0.6) is 0 Å². The highest BCUT2D eigenvalue weighted by atomic mass is 16.4. The lowest BCUT2D eigenvalue weighted by molar-refractivity contribution is -0.141. The van der Waals surface area contributed by atoms with Crippen LogP contribution in [0.15, 0.2) is 30.4 Å². The minimum Gasteiger partial charge on any atom is -0.480 e. The second-order valence-electron chi connectivity index (χ2n) is 4.87. The van der Waals surface area contributed by atoms with E-state index >= 15 is 0 Å². The van der Waals surface area contributed by atoms with Crippen molar-refractivity contribution in [1.29, 1.82) is 0 Å². The van der Waals surface area contributed by atoms with E-state index in [2.05, 4.69) is 5.32 Å². The number of allylic oxidation sites excluding steroid dienone is 1. The molecule has 0 aliphatic carbocycles. The van der Waals surface area contributed by atoms with Crippen molar-refractivity contribution in [3.05, 3.63) is 47.0 Å². The number of carboxylic acid groups (broad SMARTS) is 1. The zero-order valence-electron chi connectivity index (χ0n) is 12.1. The van der Waals surface area contributed by atoms with E-state index in [1.807, 2.05) is 39.0 Å². The Morgan fingerprint density at radius 1 is 1.35 bits per heavy atom. The number of carbonyl (C=O) groups excluding carboxylic acids is 1. The van der Waals surface area contributed by atoms with Gasteiger partial charge in [0.25, 0.3) is 0 Å². The number of rotatable bonds is 6. The van der Waals surface area contributed by atoms with Gasteiger partial charge in [0.2, 0.25) is 5.91 Å². The largest absolute Gasteiger partial charge is 0.480 e. The summed E-state index contributed by atoms with van der Waals surface area (Å²) in [6.45, 7) is 5.72. The van der Waals surface area contributed by atoms with Crippen molar-refractivity contribution in [2.75, 3.05) is 0 Å². The Labute approximate surface area is 119 Å². The van der Waals surface area contributed by atoms with Crippen LogP contribution in [0.25, 0.3) is 0 Å². The molecule has 1 aromatic carbocycles. The number of aliphatic carboxylic acids is 1. The van der Waals surface area contributed by atoms with Gasteiger partial charge < -0.3 is 10.4 Å². The molecule has 0 saturated heterocycles. The maximum absolute atomic E-state index is 12.0. The van der Waals surface area contributed by atoms with Gasteiger partial charge in [0.15, 0.2) is 0 Å². The van der Waals surface area contributed by atoms with E-state index in [1.54, 1.807) is 12.2 Å². The van der Waals surface area contributed by atoms with Crippen molar-refractivity contribution in [1.82, 2.24) is 5.32 Å². The topological polar surface area (TPSA) is 66.4 Å². The zero-order chi connectivity index (χ0) is 15.1. The Balaban J connectivity index is 2.70. The molecule has 0 radical (unpaired) electrons. The molecule has 1 unspecified atom stereocenters. The van der Waals surface area contributed by atoms with Gasteiger partial charge in [-0.2, -0.15) is 0 Å². The summed E-state index contributed by atoms with van der Waals surface area (Å²) in [6, 6.07) is 5.04. The average molecular weight is 275 g/mol. The van der Waals surface area contributed by atoms with Crippen LogP contribution < -0.4 is 5.32 Å². The predicted octanol–water partition coefficient (Wildman–Crippen LogP) is 2.38. The van der Waals surface area contributed by atoms with Gasteiger partial charge in [-0.3, -0.25) is 4.79 Å². The fourth-order valence-corrected chi connectivity index (χ4v) is 1.90. The Morgan fingerprint density at radius 2 is 2.05 bits per heavy atom. The number of hydrogen-bond donors (Lipinski definition) is 2. The Hall–Kier alpha value is -2.10. The van der Waals surface area contributed by atoms with Crippen molar-refractivity contribution in [3.63, 3.8) is 0 Å². The second kappa shape index (κ2) is 7.48. The first-order valence-corrected chi connectivity index (χ1v) is 6.63. The molecule has 20 heavy (non-hydrogen) atoms. The quantitative estimate of drug-likeness (QED) is 0.783. The van der Waals surface area contributed by atoms with E-state index in [0.717, 1.165) is 16.7 Å². The number of hydrogen-bond acceptors (Lipinski definition) is 2. The molecule has 1 amide bonds. The highest BCUT2D eigenvalue weighted by Crippen LogP contribution is 2.11. The third kappa shape index (κ3) is 4.88. The number of benzene rings is 1. The first-order chi connectivity index (χ1) is 9.43. The van der Waals surface area contributed by atoms with Gasteiger partial charge in [0.05, 0.1) is 6.42 Å². The standard InChI is InChI=1S/C16H21NO3/c1-4-5-6-14(16(19)20)17-15(18)10-13-9-11(2)7-8-12(13)3/h4-5,7-9,14H,6,10H2,1-3H3,(H,17,18)(H,19,20)/b5-4+. The lowest BCUT2D eigenvalue weighted by Crippen LogP contribution is -2.41. The molecule has 0 heterocycles. The van der Waals surface area contributed by atoms with Crippen LogP contribution in [0, 0.1) is 13.8 Å². The van der Waals surface area contributed by atoms with E-state index in [0.29, 0.717) is 6.42 Å². The molecule has 4 nitrogen and oxygen atoms in total. The third-order valence-corrected chi connectivity index (χ3v) is 3.10. The Bertz CT molecular complexity index is 520. The van der Waals surface area contributed by atoms with Gasteiger partial charge >= 0.3 is 5.97 Å². The van der Waals surface area contributed by atoms with Crippen LogP contribution in [0.4, 0.5) is 0 Å². The number of carbonyl (C=O) groups is 2. The van der Waals surface area contributed by atoms with Crippen LogP contribution in [0.2, 0.25) is 0 Å². The molecular formula is C16H21NO3. The van der Waals surface area contributed by atoms with Gasteiger partial charge in [-0.15, -0.1) is 0 Å². The summed E-state index contributed by atoms with van der Waals surface area (Å²) < 4.78 is 0. The number of nitrogens with one attached hydrogen (secondary N) is 1. The van der Waals surface area contributed by atoms with E-state index < -0.39 is 12.0 Å². The summed E-state index contributed by atoms with van der Waals surface area (Å²) in [5, 5.41) is 11.6. The van der Waals surface area contributed by atoms with Gasteiger partial charge in [-0.05, 0) is 38.3 Å². The zero-order valence-corrected chi connectivity index (χ0v) is 12.1. The molecule has 4 heteroatoms. The summed E-state index contributed by atoms with van der Waals surface area (Å²) in [5.74, 6) is -1.28. The summed E-state index contributed by atoms with van der Waals surface area (Å²) in [6.07, 6.45) is 4.00. The number of aryl methyl sites for hydroxylation is 2. The van der Waals surface area contributed by atoms with Crippen LogP contribution in [-0.4, -0.2) is 23.0 Å². The molecule has 0 fully saturated rings. The van der Waals surface area contributed by atoms with Crippen molar-refractivity contribution in [2.45, 2.75) is 39.7 Å². The van der Waals surface area contributed by atoms with Crippen molar-refractivity contribution in [3.8, 4) is 0 Å². The summed E-state index contributed by atoms with van der Waals surface area (Å²) >= 11 is 0. The minimum absolute atomic E-state index is 0.202. The van der Waals surface area contributed by atoms with E-state index in [4.69, 9.17) is 5.11 Å². The number of amides is 1. The van der Waals surface area contributed by atoms with Gasteiger partial charge in [-0.1, -0.05) is 35.9 Å². The van der Waals surface area contributed by atoms with E-state index in [1.165, 1.54) is 0 Å². The van der Waals surface area contributed by atoms with E-state index in [-0.39, 0.29) is 12.3 Å². The fraction of sp³-hybridized carbons (Fsp3) is 0.375. The summed E-state index contributed by atoms with van der Waals surface area (Å²) in [5.41, 5.74) is 3.05. The Kier molecular flexibility index (Phi) is 5.97. The van der Waals surface area contributed by atoms with Gasteiger partial charge in [0.1, 0.15) is 6.04 Å². The SMILES string of the molecule is C/C=C/CC(NC(=O)Cc1cc(C)ccc1C)C(=O)O. The lowest BCUT2D eigenvalue weighted by Gasteiger charge is -2.13. The molecule has 1 rings (SSSR count). The van der Waals surface area contributed by atoms with Crippen LogP contribution >= 0.6 is 0 Å². The first-order valence-electron chi connectivity index (χ1n) is 6.63. The van der Waals surface area contributed by atoms with Crippen LogP contribution in [0.1, 0.15) is 30.0 Å². The second-order valence-corrected chi connectivity index (χ2v) is 4.87. The average Bonchev–Trinajstić information content (AvgIpc) is 2.38. The Morgan fingerprint density at radius 3 is 2.65 bits per heavy atom. The minimum atomic E-state index is -1.02. The molecule has 1 atom stereocenters. The molecule has 0 saturated carbocycles. The van der Waals surface area contributed by atoms with Crippen molar-refractivity contribution < 1.29 is 14.7 Å². The first kappa shape index (κ1) is 16.0. The van der Waals surface area contributed by atoms with Gasteiger partial charge in [-0.25, -0.2) is 4.79 Å². The van der Waals surface area contributed by atoms with Crippen LogP contribution in [0.3, 0.4) is 0 Å². The molecule has 2 N–H and O–H groups in total. The maximum Gasteiger partial charge on any atom is 0.326 e. The van der Waals surface area contributed by atoms with Gasteiger partial charge in [0, 0.05) is 0 Å². The molecule has 1 aromatic rings. The maximum atomic E-state index is 12.0. The monoisotopic (exact) mass is 275 g/mol. The predicted molar refractivity (Wildman–Crippen MR) is 78.6 cm³/mol. The smallest absolute Gasteiger partial charge is 0.326 e.